The van der Waals surface area contributed by atoms with E-state index in [0.29, 0.717) is 16.5 Å². The third-order valence-corrected chi connectivity index (χ3v) is 2.23. The van der Waals surface area contributed by atoms with Crippen molar-refractivity contribution in [3.63, 3.8) is 0 Å². The van der Waals surface area contributed by atoms with Crippen LogP contribution in [0.5, 0.6) is 0 Å². The number of hydrogen-bond donors (Lipinski definition) is 2. The van der Waals surface area contributed by atoms with Gasteiger partial charge in [-0.3, -0.25) is 4.79 Å². The van der Waals surface area contributed by atoms with Crippen molar-refractivity contribution in [3.05, 3.63) is 29.8 Å². The van der Waals surface area contributed by atoms with E-state index in [1.165, 1.54) is 11.9 Å². The summed E-state index contributed by atoms with van der Waals surface area (Å²) >= 11 is 6.77. The van der Waals surface area contributed by atoms with Crippen molar-refractivity contribution >= 4 is 35.1 Å². The average Bonchev–Trinajstić information content (AvgIpc) is 2.15. The van der Waals surface area contributed by atoms with Crippen LogP contribution in [0.3, 0.4) is 0 Å². The summed E-state index contributed by atoms with van der Waals surface area (Å²) in [5.74, 6) is -0.446. The summed E-state index contributed by atoms with van der Waals surface area (Å²) in [6.45, 7) is 0. The van der Waals surface area contributed by atoms with Gasteiger partial charge in [-0.1, -0.05) is 12.1 Å². The molecule has 0 saturated carbocycles. The van der Waals surface area contributed by atoms with Crippen LogP contribution in [-0.4, -0.2) is 11.1 Å². The van der Waals surface area contributed by atoms with Crippen LogP contribution in [0.4, 0.5) is 5.69 Å². The first-order chi connectivity index (χ1) is 6.25. The molecule has 1 rings (SSSR count). The number of benzene rings is 1. The average molecular weight is 217 g/mol. The zero-order valence-corrected chi connectivity index (χ0v) is 8.36. The number of alkyl halides is 1. The fourth-order valence-corrected chi connectivity index (χ4v) is 1.44. The first-order valence-corrected chi connectivity index (χ1v) is 5.10. The second-order valence-electron chi connectivity index (χ2n) is 2.27. The van der Waals surface area contributed by atoms with Gasteiger partial charge in [-0.25, -0.2) is 0 Å². The summed E-state index contributed by atoms with van der Waals surface area (Å²) in [7, 11) is 0. The Morgan fingerprint density at radius 1 is 1.54 bits per heavy atom. The van der Waals surface area contributed by atoms with Gasteiger partial charge in [0.05, 0.1) is 16.5 Å². The molecule has 3 nitrogen and oxygen atoms in total. The number of anilines is 1. The summed E-state index contributed by atoms with van der Waals surface area (Å²) in [4.78, 5) is 10.9. The molecule has 1 amide bonds. The lowest BCUT2D eigenvalue weighted by Crippen LogP contribution is -2.12. The van der Waals surface area contributed by atoms with Gasteiger partial charge in [-0.05, 0) is 24.1 Å². The number of carbonyl (C=O) groups excluding carboxylic acids is 1. The van der Waals surface area contributed by atoms with Crippen LogP contribution >= 0.6 is 23.5 Å². The molecule has 0 aromatic heterocycles. The monoisotopic (exact) mass is 216 g/mol. The van der Waals surface area contributed by atoms with Crippen LogP contribution in [0.15, 0.2) is 24.3 Å². The van der Waals surface area contributed by atoms with Crippen molar-refractivity contribution in [2.75, 3.05) is 9.93 Å². The number of nitrogens with one attached hydrogen (secondary N) is 1. The number of carbonyl (C=O) groups is 1. The lowest BCUT2D eigenvalue weighted by molar-refractivity contribution is 0.100. The molecule has 3 N–H and O–H groups in total. The van der Waals surface area contributed by atoms with Gasteiger partial charge < -0.3 is 10.5 Å². The fraction of sp³-hybridized carbons (Fsp3) is 0.125. The van der Waals surface area contributed by atoms with Crippen LogP contribution in [0, 0.1) is 0 Å². The SMILES string of the molecule is NC(=O)c1ccccc1NSCCl. The molecule has 0 fully saturated rings. The highest BCUT2D eigenvalue weighted by atomic mass is 35.5. The molecule has 0 unspecified atom stereocenters. The molecule has 0 radical (unpaired) electrons. The summed E-state index contributed by atoms with van der Waals surface area (Å²) in [5, 5.41) is 0.410. The van der Waals surface area contributed by atoms with Crippen molar-refractivity contribution in [2.45, 2.75) is 0 Å². The highest BCUT2D eigenvalue weighted by molar-refractivity contribution is 8.01. The summed E-state index contributed by atoms with van der Waals surface area (Å²) in [6, 6.07) is 7.03. The van der Waals surface area contributed by atoms with Gasteiger partial charge in [0.25, 0.3) is 5.91 Å². The Labute approximate surface area is 85.8 Å². The molecule has 0 aliphatic carbocycles. The van der Waals surface area contributed by atoms with Crippen LogP contribution in [0.25, 0.3) is 0 Å². The molecular formula is C8H9ClN2OS. The van der Waals surface area contributed by atoms with E-state index in [9.17, 15) is 4.79 Å². The third-order valence-electron chi connectivity index (χ3n) is 1.43. The van der Waals surface area contributed by atoms with Crippen molar-refractivity contribution in [2.24, 2.45) is 5.73 Å². The largest absolute Gasteiger partial charge is 0.366 e. The summed E-state index contributed by atoms with van der Waals surface area (Å²) < 4.78 is 2.93. The Morgan fingerprint density at radius 2 is 2.23 bits per heavy atom. The van der Waals surface area contributed by atoms with Crippen molar-refractivity contribution in [1.29, 1.82) is 0 Å². The maximum atomic E-state index is 10.9. The van der Waals surface area contributed by atoms with E-state index in [2.05, 4.69) is 4.72 Å². The predicted molar refractivity (Wildman–Crippen MR) is 56.9 cm³/mol. The molecule has 0 heterocycles. The van der Waals surface area contributed by atoms with Gasteiger partial charge in [0.2, 0.25) is 0 Å². The van der Waals surface area contributed by atoms with E-state index in [1.54, 1.807) is 18.2 Å². The smallest absolute Gasteiger partial charge is 0.250 e. The highest BCUT2D eigenvalue weighted by Gasteiger charge is 2.05. The maximum absolute atomic E-state index is 10.9. The summed E-state index contributed by atoms with van der Waals surface area (Å²) in [6.07, 6.45) is 0. The van der Waals surface area contributed by atoms with Crippen molar-refractivity contribution in [3.8, 4) is 0 Å². The molecule has 0 bridgehead atoms. The molecule has 1 aromatic carbocycles. The van der Waals surface area contributed by atoms with Crippen molar-refractivity contribution in [1.82, 2.24) is 0 Å². The standard InChI is InChI=1S/C8H9ClN2OS/c9-5-13-11-7-4-2-1-3-6(7)8(10)12/h1-4,11H,5H2,(H2,10,12). The Kier molecular flexibility index (Phi) is 3.92. The van der Waals surface area contributed by atoms with E-state index >= 15 is 0 Å². The number of para-hydroxylation sites is 1. The molecule has 5 heteroatoms. The van der Waals surface area contributed by atoms with Crippen LogP contribution in [0.1, 0.15) is 10.4 Å². The highest BCUT2D eigenvalue weighted by Crippen LogP contribution is 2.18. The molecule has 1 aromatic rings. The first-order valence-electron chi connectivity index (χ1n) is 3.58. The lowest BCUT2D eigenvalue weighted by atomic mass is 10.2. The molecule has 70 valence electrons. The van der Waals surface area contributed by atoms with Gasteiger partial charge in [-0.2, -0.15) is 0 Å². The van der Waals surface area contributed by atoms with E-state index in [1.807, 2.05) is 6.07 Å². The van der Waals surface area contributed by atoms with E-state index in [-0.39, 0.29) is 0 Å². The van der Waals surface area contributed by atoms with E-state index in [4.69, 9.17) is 17.3 Å². The van der Waals surface area contributed by atoms with E-state index < -0.39 is 5.91 Å². The predicted octanol–water partition coefficient (Wildman–Crippen LogP) is 2.04. The van der Waals surface area contributed by atoms with E-state index in [0.717, 1.165) is 0 Å². The Bertz CT molecular complexity index is 306. The Morgan fingerprint density at radius 3 is 2.85 bits per heavy atom. The normalized spacial score (nSPS) is 9.62. The Balaban J connectivity index is 2.84. The number of hydrogen-bond acceptors (Lipinski definition) is 3. The second kappa shape index (κ2) is 4.99. The molecule has 0 aliphatic heterocycles. The molecular weight excluding hydrogens is 208 g/mol. The molecule has 0 spiro atoms. The van der Waals surface area contributed by atoms with Crippen LogP contribution < -0.4 is 10.5 Å². The number of nitrogens with two attached hydrogens (primary N) is 1. The number of amides is 1. The molecule has 0 aliphatic rings. The van der Waals surface area contributed by atoms with Gasteiger partial charge in [0.1, 0.15) is 0 Å². The quantitative estimate of drug-likeness (QED) is 0.598. The zero-order valence-electron chi connectivity index (χ0n) is 6.79. The third kappa shape index (κ3) is 2.82. The van der Waals surface area contributed by atoms with Crippen molar-refractivity contribution < 1.29 is 4.79 Å². The lowest BCUT2D eigenvalue weighted by Gasteiger charge is -2.06. The minimum atomic E-state index is -0.446. The summed E-state index contributed by atoms with van der Waals surface area (Å²) in [5.41, 5.74) is 6.33. The van der Waals surface area contributed by atoms with Crippen LogP contribution in [-0.2, 0) is 0 Å². The number of rotatable bonds is 4. The number of halogens is 1. The number of primary amides is 1. The fourth-order valence-electron chi connectivity index (χ4n) is 0.892. The molecule has 13 heavy (non-hydrogen) atoms. The van der Waals surface area contributed by atoms with Gasteiger partial charge >= 0.3 is 0 Å². The topological polar surface area (TPSA) is 55.1 Å². The minimum Gasteiger partial charge on any atom is -0.366 e. The second-order valence-corrected chi connectivity index (χ2v) is 3.63. The van der Waals surface area contributed by atoms with Gasteiger partial charge in [-0.15, -0.1) is 11.6 Å². The first kappa shape index (κ1) is 10.2. The maximum Gasteiger partial charge on any atom is 0.250 e. The minimum absolute atomic E-state index is 0.410. The molecule has 0 saturated heterocycles. The van der Waals surface area contributed by atoms with Crippen LogP contribution in [0.2, 0.25) is 0 Å². The van der Waals surface area contributed by atoms with Gasteiger partial charge in [0.15, 0.2) is 0 Å². The Hall–Kier alpha value is -0.870. The van der Waals surface area contributed by atoms with Gasteiger partial charge in [0, 0.05) is 0 Å². The molecule has 0 atom stereocenters. The zero-order chi connectivity index (χ0) is 9.68.